The van der Waals surface area contributed by atoms with Gasteiger partial charge in [-0.15, -0.1) is 0 Å². The Morgan fingerprint density at radius 2 is 2.29 bits per heavy atom. The van der Waals surface area contributed by atoms with Crippen molar-refractivity contribution in [3.05, 3.63) is 39.4 Å². The zero-order valence-electron chi connectivity index (χ0n) is 7.80. The Kier molecular flexibility index (Phi) is 2.00. The minimum Gasteiger partial charge on any atom is -0.392 e. The lowest BCUT2D eigenvalue weighted by atomic mass is 10.0. The van der Waals surface area contributed by atoms with E-state index in [0.717, 1.165) is 11.1 Å². The Balaban J connectivity index is 2.46. The van der Waals surface area contributed by atoms with Gasteiger partial charge in [0.15, 0.2) is 0 Å². The minimum atomic E-state index is -0.405. The van der Waals surface area contributed by atoms with E-state index >= 15 is 0 Å². The number of aliphatic hydroxyl groups is 1. The largest absolute Gasteiger partial charge is 0.392 e. The number of rotatable bonds is 1. The molecule has 0 spiro atoms. The highest BCUT2D eigenvalue weighted by Gasteiger charge is 2.28. The van der Waals surface area contributed by atoms with E-state index in [1.54, 1.807) is 12.1 Å². The van der Waals surface area contributed by atoms with Gasteiger partial charge in [0.25, 0.3) is 5.69 Å². The molecule has 2 atom stereocenters. The van der Waals surface area contributed by atoms with Gasteiger partial charge in [0, 0.05) is 18.1 Å². The van der Waals surface area contributed by atoms with Crippen molar-refractivity contribution in [2.24, 2.45) is 0 Å². The zero-order chi connectivity index (χ0) is 10.3. The first-order valence-electron chi connectivity index (χ1n) is 4.55. The van der Waals surface area contributed by atoms with E-state index in [-0.39, 0.29) is 11.6 Å². The van der Waals surface area contributed by atoms with Gasteiger partial charge in [-0.3, -0.25) is 10.1 Å². The van der Waals surface area contributed by atoms with Gasteiger partial charge in [0.2, 0.25) is 0 Å². The third-order valence-corrected chi connectivity index (χ3v) is 2.84. The number of benzene rings is 1. The summed E-state index contributed by atoms with van der Waals surface area (Å²) in [7, 11) is 0. The number of nitro groups is 1. The first-order valence-corrected chi connectivity index (χ1v) is 4.55. The number of hydrogen-bond acceptors (Lipinski definition) is 3. The van der Waals surface area contributed by atoms with Crippen LogP contribution in [0.1, 0.15) is 24.0 Å². The third-order valence-electron chi connectivity index (χ3n) is 2.84. The highest BCUT2D eigenvalue weighted by atomic mass is 16.6. The molecular formula is C10H11NO3. The lowest BCUT2D eigenvalue weighted by Gasteiger charge is -2.07. The molecule has 4 heteroatoms. The number of nitrogens with zero attached hydrogens (tertiary/aromatic N) is 1. The van der Waals surface area contributed by atoms with Gasteiger partial charge in [0.1, 0.15) is 0 Å². The number of fused-ring (bicyclic) bond motifs is 1. The average molecular weight is 193 g/mol. The smallest absolute Gasteiger partial charge is 0.269 e. The van der Waals surface area contributed by atoms with Gasteiger partial charge in [-0.1, -0.05) is 13.0 Å². The maximum Gasteiger partial charge on any atom is 0.269 e. The van der Waals surface area contributed by atoms with E-state index in [4.69, 9.17) is 0 Å². The first-order chi connectivity index (χ1) is 6.59. The second-order valence-corrected chi connectivity index (χ2v) is 3.70. The van der Waals surface area contributed by atoms with Crippen molar-refractivity contribution in [2.45, 2.75) is 25.4 Å². The summed E-state index contributed by atoms with van der Waals surface area (Å²) in [6.45, 7) is 1.89. The van der Waals surface area contributed by atoms with Crippen LogP contribution in [-0.2, 0) is 6.42 Å². The standard InChI is InChI=1S/C10H11NO3/c1-6-9-5-8(11(13)14)3-2-7(9)4-10(6)12/h2-3,5-6,10,12H,4H2,1H3/t6-,10?/m1/s1. The van der Waals surface area contributed by atoms with Crippen LogP contribution in [0.15, 0.2) is 18.2 Å². The van der Waals surface area contributed by atoms with Crippen LogP contribution in [0.3, 0.4) is 0 Å². The van der Waals surface area contributed by atoms with Crippen LogP contribution in [0.5, 0.6) is 0 Å². The molecule has 0 radical (unpaired) electrons. The first kappa shape index (κ1) is 9.15. The number of non-ortho nitro benzene ring substituents is 1. The summed E-state index contributed by atoms with van der Waals surface area (Å²) in [5, 5.41) is 20.1. The zero-order valence-corrected chi connectivity index (χ0v) is 7.80. The molecule has 2 rings (SSSR count). The molecule has 0 amide bonds. The molecule has 0 saturated carbocycles. The van der Waals surface area contributed by atoms with Crippen molar-refractivity contribution in [1.82, 2.24) is 0 Å². The fourth-order valence-corrected chi connectivity index (χ4v) is 1.92. The number of aliphatic hydroxyl groups excluding tert-OH is 1. The molecule has 0 aliphatic heterocycles. The monoisotopic (exact) mass is 193 g/mol. The molecule has 0 aromatic heterocycles. The average Bonchev–Trinajstić information content (AvgIpc) is 2.43. The van der Waals surface area contributed by atoms with Crippen molar-refractivity contribution >= 4 is 5.69 Å². The second-order valence-electron chi connectivity index (χ2n) is 3.70. The summed E-state index contributed by atoms with van der Waals surface area (Å²) in [5.74, 6) is 0.00454. The Morgan fingerprint density at radius 1 is 1.57 bits per heavy atom. The van der Waals surface area contributed by atoms with Crippen molar-refractivity contribution < 1.29 is 10.0 Å². The van der Waals surface area contributed by atoms with Crippen LogP contribution in [0.25, 0.3) is 0 Å². The van der Waals surface area contributed by atoms with E-state index in [1.165, 1.54) is 6.07 Å². The second kappa shape index (κ2) is 3.06. The molecule has 1 aromatic carbocycles. The van der Waals surface area contributed by atoms with E-state index in [0.29, 0.717) is 6.42 Å². The number of nitro benzene ring substituents is 1. The molecule has 4 nitrogen and oxygen atoms in total. The molecule has 74 valence electrons. The molecule has 1 aliphatic rings. The molecule has 0 fully saturated rings. The fraction of sp³-hybridized carbons (Fsp3) is 0.400. The molecule has 1 aromatic rings. The van der Waals surface area contributed by atoms with E-state index < -0.39 is 11.0 Å². The summed E-state index contributed by atoms with van der Waals surface area (Å²) in [6.07, 6.45) is 0.209. The van der Waals surface area contributed by atoms with Crippen molar-refractivity contribution in [1.29, 1.82) is 0 Å². The Morgan fingerprint density at radius 3 is 2.93 bits per heavy atom. The minimum absolute atomic E-state index is 0.00454. The van der Waals surface area contributed by atoms with Gasteiger partial charge in [-0.05, 0) is 17.5 Å². The van der Waals surface area contributed by atoms with Gasteiger partial charge < -0.3 is 5.11 Å². The molecule has 0 bridgehead atoms. The normalized spacial score (nSPS) is 24.7. The predicted octanol–water partition coefficient (Wildman–Crippen LogP) is 1.62. The molecule has 14 heavy (non-hydrogen) atoms. The molecule has 1 aliphatic carbocycles. The lowest BCUT2D eigenvalue weighted by molar-refractivity contribution is -0.384. The lowest BCUT2D eigenvalue weighted by Crippen LogP contribution is -2.09. The Labute approximate surface area is 81.3 Å². The topological polar surface area (TPSA) is 63.4 Å². The molecular weight excluding hydrogens is 182 g/mol. The highest BCUT2D eigenvalue weighted by Crippen LogP contribution is 2.34. The van der Waals surface area contributed by atoms with Crippen LogP contribution < -0.4 is 0 Å². The summed E-state index contributed by atoms with van der Waals surface area (Å²) in [6, 6.07) is 4.79. The summed E-state index contributed by atoms with van der Waals surface area (Å²) < 4.78 is 0. The molecule has 1 N–H and O–H groups in total. The van der Waals surface area contributed by atoms with Crippen molar-refractivity contribution in [3.63, 3.8) is 0 Å². The van der Waals surface area contributed by atoms with Crippen LogP contribution in [-0.4, -0.2) is 16.1 Å². The molecule has 1 unspecified atom stereocenters. The van der Waals surface area contributed by atoms with Gasteiger partial charge in [-0.25, -0.2) is 0 Å². The number of hydrogen-bond donors (Lipinski definition) is 1. The fourth-order valence-electron chi connectivity index (χ4n) is 1.92. The van der Waals surface area contributed by atoms with Gasteiger partial charge >= 0.3 is 0 Å². The summed E-state index contributed by atoms with van der Waals surface area (Å²) in [5.41, 5.74) is 2.03. The third kappa shape index (κ3) is 1.28. The van der Waals surface area contributed by atoms with E-state index in [2.05, 4.69) is 0 Å². The highest BCUT2D eigenvalue weighted by molar-refractivity contribution is 5.45. The summed E-state index contributed by atoms with van der Waals surface area (Å²) in [4.78, 5) is 10.1. The molecule has 0 saturated heterocycles. The Hall–Kier alpha value is -1.42. The van der Waals surface area contributed by atoms with E-state index in [1.807, 2.05) is 6.92 Å². The van der Waals surface area contributed by atoms with Crippen LogP contribution in [0.4, 0.5) is 5.69 Å². The maximum absolute atomic E-state index is 10.5. The summed E-state index contributed by atoms with van der Waals surface area (Å²) >= 11 is 0. The van der Waals surface area contributed by atoms with Crippen LogP contribution >= 0.6 is 0 Å². The predicted molar refractivity (Wildman–Crippen MR) is 51.2 cm³/mol. The van der Waals surface area contributed by atoms with Gasteiger partial charge in [-0.2, -0.15) is 0 Å². The SMILES string of the molecule is C[C@@H]1c2cc([N+](=O)[O-])ccc2CC1O. The van der Waals surface area contributed by atoms with Crippen LogP contribution in [0, 0.1) is 10.1 Å². The van der Waals surface area contributed by atoms with Crippen LogP contribution in [0.2, 0.25) is 0 Å². The quantitative estimate of drug-likeness (QED) is 0.544. The van der Waals surface area contributed by atoms with E-state index in [9.17, 15) is 15.2 Å². The van der Waals surface area contributed by atoms with Crippen molar-refractivity contribution in [2.75, 3.05) is 0 Å². The molecule has 0 heterocycles. The maximum atomic E-state index is 10.5. The van der Waals surface area contributed by atoms with Crippen molar-refractivity contribution in [3.8, 4) is 0 Å². The van der Waals surface area contributed by atoms with Gasteiger partial charge in [0.05, 0.1) is 11.0 Å². The Bertz CT molecular complexity index is 389.